The van der Waals surface area contributed by atoms with Crippen LogP contribution in [0.4, 0.5) is 0 Å². The minimum Gasteiger partial charge on any atom is -0.494 e. The van der Waals surface area contributed by atoms with E-state index in [2.05, 4.69) is 5.32 Å². The number of rotatable bonds is 6. The number of nitrogens with one attached hydrogen (secondary N) is 1. The molecule has 134 valence electrons. The molecule has 7 heteroatoms. The van der Waals surface area contributed by atoms with E-state index in [9.17, 15) is 8.42 Å². The Kier molecular flexibility index (Phi) is 5.57. The molecule has 2 aromatic carbocycles. The Labute approximate surface area is 148 Å². The van der Waals surface area contributed by atoms with Gasteiger partial charge in [0.05, 0.1) is 11.5 Å². The lowest BCUT2D eigenvalue weighted by Gasteiger charge is -2.26. The quantitative estimate of drug-likeness (QED) is 0.855. The summed E-state index contributed by atoms with van der Waals surface area (Å²) in [6.45, 7) is 4.89. The molecule has 0 unspecified atom stereocenters. The van der Waals surface area contributed by atoms with Crippen molar-refractivity contribution in [2.45, 2.75) is 11.8 Å². The number of hydrogen-bond donors (Lipinski definition) is 1. The number of nitrogens with zero attached hydrogens (tertiary/aromatic N) is 1. The maximum Gasteiger partial charge on any atom is 0.243 e. The highest BCUT2D eigenvalue weighted by molar-refractivity contribution is 7.89. The van der Waals surface area contributed by atoms with E-state index in [0.29, 0.717) is 44.3 Å². The maximum absolute atomic E-state index is 12.6. The molecule has 0 spiro atoms. The van der Waals surface area contributed by atoms with Crippen LogP contribution in [0.1, 0.15) is 6.92 Å². The highest BCUT2D eigenvalue weighted by atomic mass is 32.2. The van der Waals surface area contributed by atoms with Crippen molar-refractivity contribution < 1.29 is 17.9 Å². The van der Waals surface area contributed by atoms with Crippen LogP contribution < -0.4 is 14.8 Å². The SMILES string of the molecule is CCOc1ccc(Oc2ccc(S(=O)(=O)N3CCNCC3)cc2)cc1. The second-order valence-corrected chi connectivity index (χ2v) is 7.57. The number of sulfonamides is 1. The highest BCUT2D eigenvalue weighted by Gasteiger charge is 2.25. The maximum atomic E-state index is 12.6. The summed E-state index contributed by atoms with van der Waals surface area (Å²) in [6.07, 6.45) is 0. The van der Waals surface area contributed by atoms with Crippen molar-refractivity contribution in [3.63, 3.8) is 0 Å². The molecule has 25 heavy (non-hydrogen) atoms. The van der Waals surface area contributed by atoms with Gasteiger partial charge in [-0.05, 0) is 55.5 Å². The average molecular weight is 362 g/mol. The van der Waals surface area contributed by atoms with Gasteiger partial charge in [-0.1, -0.05) is 0 Å². The first kappa shape index (κ1) is 17.7. The predicted molar refractivity (Wildman–Crippen MR) is 95.8 cm³/mol. The fraction of sp³-hybridized carbons (Fsp3) is 0.333. The molecule has 6 nitrogen and oxygen atoms in total. The van der Waals surface area contributed by atoms with E-state index in [1.807, 2.05) is 31.2 Å². The number of benzene rings is 2. The summed E-state index contributed by atoms with van der Waals surface area (Å²) in [5.41, 5.74) is 0. The van der Waals surface area contributed by atoms with Crippen LogP contribution in [0.15, 0.2) is 53.4 Å². The first-order valence-electron chi connectivity index (χ1n) is 8.31. The third-order valence-corrected chi connectivity index (χ3v) is 5.82. The topological polar surface area (TPSA) is 67.9 Å². The van der Waals surface area contributed by atoms with Crippen LogP contribution in [-0.4, -0.2) is 45.5 Å². The molecule has 2 aromatic rings. The zero-order valence-corrected chi connectivity index (χ0v) is 15.0. The summed E-state index contributed by atoms with van der Waals surface area (Å²) < 4.78 is 37.8. The minimum absolute atomic E-state index is 0.286. The van der Waals surface area contributed by atoms with Crippen molar-refractivity contribution in [2.24, 2.45) is 0 Å². The zero-order valence-electron chi connectivity index (χ0n) is 14.1. The summed E-state index contributed by atoms with van der Waals surface area (Å²) in [4.78, 5) is 0.286. The van der Waals surface area contributed by atoms with Crippen LogP contribution >= 0.6 is 0 Å². The molecule has 0 saturated carbocycles. The number of ether oxygens (including phenoxy) is 2. The van der Waals surface area contributed by atoms with Crippen LogP contribution in [0.25, 0.3) is 0 Å². The van der Waals surface area contributed by atoms with E-state index in [4.69, 9.17) is 9.47 Å². The van der Waals surface area contributed by atoms with Gasteiger partial charge in [0.2, 0.25) is 10.0 Å². The summed E-state index contributed by atoms with van der Waals surface area (Å²) >= 11 is 0. The molecule has 1 heterocycles. The number of hydrogen-bond acceptors (Lipinski definition) is 5. The van der Waals surface area contributed by atoms with Crippen molar-refractivity contribution >= 4 is 10.0 Å². The third kappa shape index (κ3) is 4.31. The van der Waals surface area contributed by atoms with Crippen molar-refractivity contribution in [1.29, 1.82) is 0 Å². The Balaban J connectivity index is 1.69. The lowest BCUT2D eigenvalue weighted by atomic mass is 10.3. The molecule has 3 rings (SSSR count). The fourth-order valence-corrected chi connectivity index (χ4v) is 4.06. The molecule has 1 N–H and O–H groups in total. The fourth-order valence-electron chi connectivity index (χ4n) is 2.62. The number of piperazine rings is 1. The Hall–Kier alpha value is -2.09. The van der Waals surface area contributed by atoms with Crippen LogP contribution in [-0.2, 0) is 10.0 Å². The van der Waals surface area contributed by atoms with Gasteiger partial charge in [-0.3, -0.25) is 0 Å². The molecule has 1 aliphatic heterocycles. The standard InChI is InChI=1S/C18H22N2O4S/c1-2-23-15-3-5-16(6-4-15)24-17-7-9-18(10-8-17)25(21,22)20-13-11-19-12-14-20/h3-10,19H,2,11-14H2,1H3. The van der Waals surface area contributed by atoms with Crippen LogP contribution in [0.3, 0.4) is 0 Å². The highest BCUT2D eigenvalue weighted by Crippen LogP contribution is 2.26. The van der Waals surface area contributed by atoms with Crippen LogP contribution in [0, 0.1) is 0 Å². The smallest absolute Gasteiger partial charge is 0.243 e. The van der Waals surface area contributed by atoms with Gasteiger partial charge in [-0.2, -0.15) is 4.31 Å². The van der Waals surface area contributed by atoms with Gasteiger partial charge in [-0.15, -0.1) is 0 Å². The molecule has 0 amide bonds. The Morgan fingerprint density at radius 2 is 1.44 bits per heavy atom. The Morgan fingerprint density at radius 1 is 0.920 bits per heavy atom. The first-order valence-corrected chi connectivity index (χ1v) is 9.75. The Bertz CT molecular complexity index is 783. The molecular weight excluding hydrogens is 340 g/mol. The van der Waals surface area contributed by atoms with E-state index in [1.165, 1.54) is 4.31 Å². The average Bonchev–Trinajstić information content (AvgIpc) is 2.65. The second-order valence-electron chi connectivity index (χ2n) is 5.63. The third-order valence-electron chi connectivity index (χ3n) is 3.91. The van der Waals surface area contributed by atoms with Gasteiger partial charge in [0.15, 0.2) is 0 Å². The van der Waals surface area contributed by atoms with E-state index < -0.39 is 10.0 Å². The molecule has 0 bridgehead atoms. The summed E-state index contributed by atoms with van der Waals surface area (Å²) in [6, 6.07) is 13.8. The predicted octanol–water partition coefficient (Wildman–Crippen LogP) is 2.47. The molecule has 0 atom stereocenters. The molecule has 1 saturated heterocycles. The Morgan fingerprint density at radius 3 is 2.00 bits per heavy atom. The molecule has 1 fully saturated rings. The van der Waals surface area contributed by atoms with Gasteiger partial charge < -0.3 is 14.8 Å². The summed E-state index contributed by atoms with van der Waals surface area (Å²) in [5, 5.41) is 3.15. The van der Waals surface area contributed by atoms with Crippen molar-refractivity contribution in [1.82, 2.24) is 9.62 Å². The van der Waals surface area contributed by atoms with E-state index in [1.54, 1.807) is 24.3 Å². The van der Waals surface area contributed by atoms with E-state index in [0.717, 1.165) is 5.75 Å². The van der Waals surface area contributed by atoms with Gasteiger partial charge in [0.25, 0.3) is 0 Å². The summed E-state index contributed by atoms with van der Waals surface area (Å²) in [7, 11) is -3.44. The normalized spacial score (nSPS) is 15.7. The largest absolute Gasteiger partial charge is 0.494 e. The minimum atomic E-state index is -3.44. The molecule has 1 aliphatic rings. The molecular formula is C18H22N2O4S. The molecule has 0 aromatic heterocycles. The second kappa shape index (κ2) is 7.86. The monoisotopic (exact) mass is 362 g/mol. The zero-order chi connectivity index (χ0) is 17.7. The van der Waals surface area contributed by atoms with E-state index >= 15 is 0 Å². The van der Waals surface area contributed by atoms with E-state index in [-0.39, 0.29) is 4.90 Å². The van der Waals surface area contributed by atoms with Crippen molar-refractivity contribution in [2.75, 3.05) is 32.8 Å². The summed E-state index contributed by atoms with van der Waals surface area (Å²) in [5.74, 6) is 2.04. The van der Waals surface area contributed by atoms with Gasteiger partial charge >= 0.3 is 0 Å². The van der Waals surface area contributed by atoms with Gasteiger partial charge in [0, 0.05) is 26.2 Å². The van der Waals surface area contributed by atoms with Crippen LogP contribution in [0.2, 0.25) is 0 Å². The van der Waals surface area contributed by atoms with Crippen LogP contribution in [0.5, 0.6) is 17.2 Å². The van der Waals surface area contributed by atoms with Crippen molar-refractivity contribution in [3.05, 3.63) is 48.5 Å². The molecule has 0 radical (unpaired) electrons. The van der Waals surface area contributed by atoms with Crippen molar-refractivity contribution in [3.8, 4) is 17.2 Å². The lowest BCUT2D eigenvalue weighted by molar-refractivity contribution is 0.339. The molecule has 0 aliphatic carbocycles. The lowest BCUT2D eigenvalue weighted by Crippen LogP contribution is -2.46. The first-order chi connectivity index (χ1) is 12.1. The van der Waals surface area contributed by atoms with Gasteiger partial charge in [0.1, 0.15) is 17.2 Å². The van der Waals surface area contributed by atoms with Gasteiger partial charge in [-0.25, -0.2) is 8.42 Å².